The second kappa shape index (κ2) is 4.33. The average molecular weight is 235 g/mol. The molecule has 4 nitrogen and oxygen atoms in total. The zero-order valence-corrected chi connectivity index (χ0v) is 9.45. The summed E-state index contributed by atoms with van der Waals surface area (Å²) in [7, 11) is 0. The largest absolute Gasteiger partial charge is 0.294 e. The first-order valence-electron chi connectivity index (χ1n) is 5.52. The maximum Gasteiger partial charge on any atom is 0.193 e. The molecule has 0 radical (unpaired) electrons. The van der Waals surface area contributed by atoms with Crippen molar-refractivity contribution < 1.29 is 4.79 Å². The number of carbonyl (C=O) groups excluding carboxylic acids is 1. The van der Waals surface area contributed by atoms with Crippen LogP contribution in [0.15, 0.2) is 48.7 Å². The monoisotopic (exact) mass is 235 g/mol. The van der Waals surface area contributed by atoms with E-state index in [2.05, 4.69) is 15.0 Å². The SMILES string of the molecule is O=Cc1nc(-c2ccccn2)c2ccccc2n1. The van der Waals surface area contributed by atoms with Gasteiger partial charge in [-0.3, -0.25) is 9.78 Å². The second-order valence-electron chi connectivity index (χ2n) is 3.78. The van der Waals surface area contributed by atoms with E-state index in [0.29, 0.717) is 12.0 Å². The van der Waals surface area contributed by atoms with Crippen LogP contribution in [0.4, 0.5) is 0 Å². The van der Waals surface area contributed by atoms with E-state index < -0.39 is 0 Å². The third-order valence-electron chi connectivity index (χ3n) is 2.63. The molecule has 0 unspecified atom stereocenters. The number of carbonyl (C=O) groups is 1. The maximum atomic E-state index is 10.9. The summed E-state index contributed by atoms with van der Waals surface area (Å²) >= 11 is 0. The van der Waals surface area contributed by atoms with Gasteiger partial charge in [0.25, 0.3) is 0 Å². The minimum absolute atomic E-state index is 0.175. The van der Waals surface area contributed by atoms with Crippen LogP contribution >= 0.6 is 0 Å². The van der Waals surface area contributed by atoms with Crippen LogP contribution in [-0.2, 0) is 0 Å². The molecule has 3 aromatic rings. The van der Waals surface area contributed by atoms with Gasteiger partial charge < -0.3 is 0 Å². The Hall–Kier alpha value is -2.62. The molecule has 0 saturated heterocycles. The van der Waals surface area contributed by atoms with Gasteiger partial charge in [-0.15, -0.1) is 0 Å². The predicted octanol–water partition coefficient (Wildman–Crippen LogP) is 2.50. The summed E-state index contributed by atoms with van der Waals surface area (Å²) in [5, 5.41) is 0.891. The number of fused-ring (bicyclic) bond motifs is 1. The highest BCUT2D eigenvalue weighted by Gasteiger charge is 2.09. The van der Waals surface area contributed by atoms with Gasteiger partial charge in [0, 0.05) is 11.6 Å². The van der Waals surface area contributed by atoms with Crippen LogP contribution in [0.25, 0.3) is 22.3 Å². The Balaban J connectivity index is 2.36. The van der Waals surface area contributed by atoms with E-state index >= 15 is 0 Å². The Morgan fingerprint density at radius 3 is 2.56 bits per heavy atom. The molecule has 0 aliphatic carbocycles. The first kappa shape index (κ1) is 10.5. The number of benzene rings is 1. The Morgan fingerprint density at radius 2 is 1.78 bits per heavy atom. The van der Waals surface area contributed by atoms with Crippen LogP contribution in [0, 0.1) is 0 Å². The molecule has 1 aromatic carbocycles. The molecule has 3 rings (SSSR count). The summed E-state index contributed by atoms with van der Waals surface area (Å²) < 4.78 is 0. The molecule has 2 aromatic heterocycles. The summed E-state index contributed by atoms with van der Waals surface area (Å²) in [6.07, 6.45) is 2.35. The molecule has 0 spiro atoms. The van der Waals surface area contributed by atoms with Gasteiger partial charge in [-0.25, -0.2) is 9.97 Å². The third-order valence-corrected chi connectivity index (χ3v) is 2.63. The quantitative estimate of drug-likeness (QED) is 0.640. The minimum Gasteiger partial charge on any atom is -0.294 e. The fraction of sp³-hybridized carbons (Fsp3) is 0. The fourth-order valence-corrected chi connectivity index (χ4v) is 1.85. The lowest BCUT2D eigenvalue weighted by atomic mass is 10.1. The lowest BCUT2D eigenvalue weighted by molar-refractivity contribution is 0.111. The van der Waals surface area contributed by atoms with Crippen molar-refractivity contribution in [2.45, 2.75) is 0 Å². The zero-order valence-electron chi connectivity index (χ0n) is 9.45. The van der Waals surface area contributed by atoms with E-state index in [0.717, 1.165) is 16.6 Å². The number of aldehydes is 1. The molecular weight excluding hydrogens is 226 g/mol. The van der Waals surface area contributed by atoms with E-state index in [4.69, 9.17) is 0 Å². The van der Waals surface area contributed by atoms with E-state index in [-0.39, 0.29) is 5.82 Å². The van der Waals surface area contributed by atoms with Crippen molar-refractivity contribution in [3.05, 3.63) is 54.5 Å². The van der Waals surface area contributed by atoms with Crippen molar-refractivity contribution in [3.63, 3.8) is 0 Å². The zero-order chi connectivity index (χ0) is 12.4. The van der Waals surface area contributed by atoms with Crippen molar-refractivity contribution in [2.24, 2.45) is 0 Å². The van der Waals surface area contributed by atoms with Crippen molar-refractivity contribution in [2.75, 3.05) is 0 Å². The van der Waals surface area contributed by atoms with Gasteiger partial charge in [-0.2, -0.15) is 0 Å². The van der Waals surface area contributed by atoms with Crippen molar-refractivity contribution in [3.8, 4) is 11.4 Å². The lowest BCUT2D eigenvalue weighted by Gasteiger charge is -2.05. The number of para-hydroxylation sites is 1. The van der Waals surface area contributed by atoms with E-state index in [9.17, 15) is 4.79 Å². The maximum absolute atomic E-state index is 10.9. The molecule has 0 saturated carbocycles. The van der Waals surface area contributed by atoms with E-state index in [1.165, 1.54) is 0 Å². The van der Waals surface area contributed by atoms with E-state index in [1.54, 1.807) is 6.20 Å². The topological polar surface area (TPSA) is 55.7 Å². The fourth-order valence-electron chi connectivity index (χ4n) is 1.85. The van der Waals surface area contributed by atoms with Gasteiger partial charge in [-0.05, 0) is 18.2 Å². The number of hydrogen-bond donors (Lipinski definition) is 0. The van der Waals surface area contributed by atoms with Crippen LogP contribution in [0.3, 0.4) is 0 Å². The summed E-state index contributed by atoms with van der Waals surface area (Å²) in [6.45, 7) is 0. The van der Waals surface area contributed by atoms with Crippen LogP contribution in [0.5, 0.6) is 0 Å². The van der Waals surface area contributed by atoms with Gasteiger partial charge in [0.1, 0.15) is 5.69 Å². The number of nitrogens with zero attached hydrogens (tertiary/aromatic N) is 3. The number of rotatable bonds is 2. The molecule has 0 amide bonds. The first-order chi connectivity index (χ1) is 8.88. The highest BCUT2D eigenvalue weighted by molar-refractivity contribution is 5.92. The summed E-state index contributed by atoms with van der Waals surface area (Å²) in [5.41, 5.74) is 2.16. The second-order valence-corrected chi connectivity index (χ2v) is 3.78. The van der Waals surface area contributed by atoms with Crippen LogP contribution < -0.4 is 0 Å². The smallest absolute Gasteiger partial charge is 0.193 e. The Kier molecular flexibility index (Phi) is 2.53. The molecule has 18 heavy (non-hydrogen) atoms. The molecule has 4 heteroatoms. The molecule has 0 atom stereocenters. The van der Waals surface area contributed by atoms with E-state index in [1.807, 2.05) is 42.5 Å². The third kappa shape index (κ3) is 1.73. The normalized spacial score (nSPS) is 10.4. The molecule has 0 N–H and O–H groups in total. The standard InChI is InChI=1S/C14H9N3O/c18-9-13-16-11-6-2-1-5-10(11)14(17-13)12-7-3-4-8-15-12/h1-9H. The van der Waals surface area contributed by atoms with Gasteiger partial charge >= 0.3 is 0 Å². The Bertz CT molecular complexity index is 711. The van der Waals surface area contributed by atoms with Gasteiger partial charge in [0.15, 0.2) is 12.1 Å². The predicted molar refractivity (Wildman–Crippen MR) is 68.2 cm³/mol. The molecule has 2 heterocycles. The number of aromatic nitrogens is 3. The summed E-state index contributed by atoms with van der Waals surface area (Å²) in [5.74, 6) is 0.175. The highest BCUT2D eigenvalue weighted by atomic mass is 16.1. The lowest BCUT2D eigenvalue weighted by Crippen LogP contribution is -1.98. The minimum atomic E-state index is 0.175. The first-order valence-corrected chi connectivity index (χ1v) is 5.52. The molecule has 86 valence electrons. The van der Waals surface area contributed by atoms with Crippen LogP contribution in [0.1, 0.15) is 10.6 Å². The molecule has 0 fully saturated rings. The molecule has 0 bridgehead atoms. The van der Waals surface area contributed by atoms with Gasteiger partial charge in [-0.1, -0.05) is 24.3 Å². The van der Waals surface area contributed by atoms with Crippen molar-refractivity contribution in [1.29, 1.82) is 0 Å². The van der Waals surface area contributed by atoms with Gasteiger partial charge in [0.05, 0.1) is 11.2 Å². The van der Waals surface area contributed by atoms with Crippen LogP contribution in [0.2, 0.25) is 0 Å². The Morgan fingerprint density at radius 1 is 0.944 bits per heavy atom. The molecular formula is C14H9N3O. The summed E-state index contributed by atoms with van der Waals surface area (Å²) in [4.78, 5) is 23.6. The Labute approximate surface area is 103 Å². The average Bonchev–Trinajstić information content (AvgIpc) is 2.47. The van der Waals surface area contributed by atoms with Crippen molar-refractivity contribution >= 4 is 17.2 Å². The molecule has 0 aliphatic rings. The number of pyridine rings is 1. The molecule has 0 aliphatic heterocycles. The van der Waals surface area contributed by atoms with Crippen molar-refractivity contribution in [1.82, 2.24) is 15.0 Å². The van der Waals surface area contributed by atoms with Gasteiger partial charge in [0.2, 0.25) is 0 Å². The highest BCUT2D eigenvalue weighted by Crippen LogP contribution is 2.23. The van der Waals surface area contributed by atoms with Crippen LogP contribution in [-0.4, -0.2) is 21.2 Å². The summed E-state index contributed by atoms with van der Waals surface area (Å²) in [6, 6.07) is 13.2. The number of hydrogen-bond acceptors (Lipinski definition) is 4.